The Balaban J connectivity index is 2.22. The Labute approximate surface area is 194 Å². The van der Waals surface area contributed by atoms with Crippen molar-refractivity contribution in [1.29, 1.82) is 0 Å². The van der Waals surface area contributed by atoms with Crippen LogP contribution in [0.1, 0.15) is 54.6 Å². The lowest BCUT2D eigenvalue weighted by Gasteiger charge is -2.20. The molecule has 1 atom stereocenters. The molecule has 1 aromatic carbocycles. The topological polar surface area (TPSA) is 76.4 Å². The molecular weight excluding hydrogens is 446 g/mol. The molecule has 1 aliphatic carbocycles. The highest BCUT2D eigenvalue weighted by molar-refractivity contribution is 7.94. The number of allylic oxidation sites excluding steroid dienone is 3. The van der Waals surface area contributed by atoms with Gasteiger partial charge >= 0.3 is 5.97 Å². The molecule has 0 radical (unpaired) electrons. The number of rotatable bonds is 9. The summed E-state index contributed by atoms with van der Waals surface area (Å²) in [6.45, 7) is 6.43. The summed E-state index contributed by atoms with van der Waals surface area (Å²) in [5.74, 6) is -1.03. The summed E-state index contributed by atoms with van der Waals surface area (Å²) in [5, 5.41) is 10.2. The van der Waals surface area contributed by atoms with Crippen LogP contribution in [0.15, 0.2) is 59.5 Å². The smallest absolute Gasteiger partial charge is 0.304 e. The van der Waals surface area contributed by atoms with Crippen molar-refractivity contribution < 1.29 is 18.3 Å². The molecule has 5 nitrogen and oxygen atoms in total. The summed E-state index contributed by atoms with van der Waals surface area (Å²) < 4.78 is 26.9. The monoisotopic (exact) mass is 473 g/mol. The summed E-state index contributed by atoms with van der Waals surface area (Å²) in [6, 6.07) is 9.51. The predicted octanol–water partition coefficient (Wildman–Crippen LogP) is 5.60. The van der Waals surface area contributed by atoms with Gasteiger partial charge in [0.1, 0.15) is 0 Å². The maximum Gasteiger partial charge on any atom is 0.304 e. The first-order chi connectivity index (χ1) is 15.1. The van der Waals surface area contributed by atoms with Crippen molar-refractivity contribution >= 4 is 33.5 Å². The van der Waals surface area contributed by atoms with Crippen LogP contribution in [0.3, 0.4) is 0 Å². The van der Waals surface area contributed by atoms with E-state index in [1.165, 1.54) is 6.26 Å². The van der Waals surface area contributed by atoms with Crippen molar-refractivity contribution in [3.05, 3.63) is 87.1 Å². The fourth-order valence-electron chi connectivity index (χ4n) is 4.13. The summed E-state index contributed by atoms with van der Waals surface area (Å²) in [6.07, 6.45) is 8.31. The Hall–Kier alpha value is -2.57. The van der Waals surface area contributed by atoms with Crippen LogP contribution >= 0.6 is 11.6 Å². The van der Waals surface area contributed by atoms with Gasteiger partial charge in [-0.15, -0.1) is 0 Å². The van der Waals surface area contributed by atoms with E-state index in [-0.39, 0.29) is 17.2 Å². The average Bonchev–Trinajstić information content (AvgIpc) is 2.91. The number of aliphatic carboxylic acids is 1. The van der Waals surface area contributed by atoms with E-state index in [1.807, 2.05) is 37.3 Å². The first-order valence-corrected chi connectivity index (χ1v) is 12.8. The highest BCUT2D eigenvalue weighted by atomic mass is 35.5. The third kappa shape index (κ3) is 5.61. The van der Waals surface area contributed by atoms with Gasteiger partial charge in [0, 0.05) is 41.5 Å². The molecular formula is C25H28ClNO4S. The third-order valence-corrected chi connectivity index (χ3v) is 7.04. The molecule has 7 heteroatoms. The average molecular weight is 474 g/mol. The van der Waals surface area contributed by atoms with E-state index < -0.39 is 15.8 Å². The molecule has 170 valence electrons. The predicted molar refractivity (Wildman–Crippen MR) is 130 cm³/mol. The minimum absolute atomic E-state index is 0.0180. The summed E-state index contributed by atoms with van der Waals surface area (Å²) in [4.78, 5) is 11.8. The van der Waals surface area contributed by atoms with E-state index in [0.29, 0.717) is 18.0 Å². The van der Waals surface area contributed by atoms with E-state index in [9.17, 15) is 18.3 Å². The fraction of sp³-hybridized carbons (Fsp3) is 0.320. The van der Waals surface area contributed by atoms with Crippen LogP contribution in [0, 0.1) is 0 Å². The SMILES string of the molecule is C=CC1=CC(S(C)(=O)=O)=Cc2cc(C(CCC)CC(=O)O)n(Cc3ccc(Cl)cc3)c2C1. The molecule has 1 unspecified atom stereocenters. The molecule has 32 heavy (non-hydrogen) atoms. The number of aromatic nitrogens is 1. The number of fused-ring (bicyclic) bond motifs is 1. The minimum atomic E-state index is -3.43. The van der Waals surface area contributed by atoms with Crippen LogP contribution in [-0.2, 0) is 27.6 Å². The molecule has 3 rings (SSSR count). The number of nitrogens with zero attached hydrogens (tertiary/aromatic N) is 1. The first-order valence-electron chi connectivity index (χ1n) is 10.6. The second-order valence-corrected chi connectivity index (χ2v) is 10.6. The second-order valence-electron chi connectivity index (χ2n) is 8.19. The van der Waals surface area contributed by atoms with E-state index >= 15 is 0 Å². The lowest BCUT2D eigenvalue weighted by atomic mass is 9.95. The lowest BCUT2D eigenvalue weighted by molar-refractivity contribution is -0.137. The van der Waals surface area contributed by atoms with Crippen molar-refractivity contribution in [3.63, 3.8) is 0 Å². The summed E-state index contributed by atoms with van der Waals surface area (Å²) in [5.41, 5.74) is 4.48. The maximum absolute atomic E-state index is 12.4. The van der Waals surface area contributed by atoms with Gasteiger partial charge in [-0.3, -0.25) is 4.79 Å². The molecule has 0 bridgehead atoms. The Morgan fingerprint density at radius 3 is 2.53 bits per heavy atom. The zero-order valence-corrected chi connectivity index (χ0v) is 19.9. The van der Waals surface area contributed by atoms with Gasteiger partial charge in [0.05, 0.1) is 11.3 Å². The van der Waals surface area contributed by atoms with E-state index in [4.69, 9.17) is 11.6 Å². The molecule has 0 spiro atoms. The van der Waals surface area contributed by atoms with Crippen molar-refractivity contribution in [1.82, 2.24) is 4.57 Å². The van der Waals surface area contributed by atoms with Crippen molar-refractivity contribution in [3.8, 4) is 0 Å². The number of hydrogen-bond acceptors (Lipinski definition) is 3. The van der Waals surface area contributed by atoms with Gasteiger partial charge in [-0.25, -0.2) is 8.42 Å². The number of hydrogen-bond donors (Lipinski definition) is 1. The van der Waals surface area contributed by atoms with Crippen molar-refractivity contribution in [2.45, 2.75) is 45.1 Å². The van der Waals surface area contributed by atoms with Crippen LogP contribution < -0.4 is 0 Å². The Bertz CT molecular complexity index is 1190. The Morgan fingerprint density at radius 1 is 1.28 bits per heavy atom. The highest BCUT2D eigenvalue weighted by Gasteiger charge is 2.25. The van der Waals surface area contributed by atoms with E-state index in [1.54, 1.807) is 18.2 Å². The number of sulfone groups is 1. The van der Waals surface area contributed by atoms with Crippen LogP contribution in [0.2, 0.25) is 5.02 Å². The van der Waals surface area contributed by atoms with Gasteiger partial charge in [-0.05, 0) is 53.5 Å². The Kier molecular flexibility index (Phi) is 7.47. The molecule has 2 aromatic rings. The van der Waals surface area contributed by atoms with Gasteiger partial charge < -0.3 is 9.67 Å². The fourth-order valence-corrected chi connectivity index (χ4v) is 4.97. The third-order valence-electron chi connectivity index (χ3n) is 5.69. The standard InChI is InChI=1S/C25H28ClNO4S/c1-4-6-19(15-25(28)29)24-14-20-13-22(32(3,30)31)11-17(5-2)12-23(20)27(24)16-18-7-9-21(26)10-8-18/h5,7-11,13-14,19H,2,4,6,12,15-16H2,1,3H3,(H,28,29). The zero-order valence-electron chi connectivity index (χ0n) is 18.3. The maximum atomic E-state index is 12.4. The van der Waals surface area contributed by atoms with Gasteiger partial charge in [-0.1, -0.05) is 49.7 Å². The van der Waals surface area contributed by atoms with Gasteiger partial charge in [0.15, 0.2) is 9.84 Å². The van der Waals surface area contributed by atoms with Crippen molar-refractivity contribution in [2.75, 3.05) is 6.26 Å². The lowest BCUT2D eigenvalue weighted by Crippen LogP contribution is -2.15. The normalized spacial score (nSPS) is 14.7. The summed E-state index contributed by atoms with van der Waals surface area (Å²) >= 11 is 6.05. The molecule has 0 aliphatic heterocycles. The van der Waals surface area contributed by atoms with Gasteiger partial charge in [-0.2, -0.15) is 0 Å². The van der Waals surface area contributed by atoms with Gasteiger partial charge in [0.2, 0.25) is 0 Å². The minimum Gasteiger partial charge on any atom is -0.481 e. The van der Waals surface area contributed by atoms with Crippen LogP contribution in [0.25, 0.3) is 6.08 Å². The van der Waals surface area contributed by atoms with Crippen molar-refractivity contribution in [2.24, 2.45) is 0 Å². The number of carboxylic acid groups (broad SMARTS) is 1. The highest BCUT2D eigenvalue weighted by Crippen LogP contribution is 2.35. The molecule has 0 saturated heterocycles. The Morgan fingerprint density at radius 2 is 1.97 bits per heavy atom. The van der Waals surface area contributed by atoms with E-state index in [2.05, 4.69) is 11.1 Å². The molecule has 1 heterocycles. The second kappa shape index (κ2) is 9.92. The molecule has 1 N–H and O–H groups in total. The molecule has 1 aliphatic rings. The number of carboxylic acids is 1. The molecule has 0 amide bonds. The van der Waals surface area contributed by atoms with Crippen LogP contribution in [-0.4, -0.2) is 30.3 Å². The number of benzene rings is 1. The quantitative estimate of drug-likeness (QED) is 0.514. The molecule has 1 aromatic heterocycles. The first kappa shape index (κ1) is 24.1. The molecule has 0 fully saturated rings. The summed E-state index contributed by atoms with van der Waals surface area (Å²) in [7, 11) is -3.43. The van der Waals surface area contributed by atoms with E-state index in [0.717, 1.165) is 40.9 Å². The largest absolute Gasteiger partial charge is 0.481 e. The van der Waals surface area contributed by atoms with Crippen LogP contribution in [0.5, 0.6) is 0 Å². The number of halogens is 1. The van der Waals surface area contributed by atoms with Crippen LogP contribution in [0.4, 0.5) is 0 Å². The zero-order chi connectivity index (χ0) is 23.5. The van der Waals surface area contributed by atoms with Gasteiger partial charge in [0.25, 0.3) is 0 Å². The molecule has 0 saturated carbocycles. The number of carbonyl (C=O) groups is 1.